The molecule has 8 heteroatoms. The average Bonchev–Trinajstić information content (AvgIpc) is 2.85. The van der Waals surface area contributed by atoms with E-state index in [2.05, 4.69) is 4.98 Å². The predicted octanol–water partition coefficient (Wildman–Crippen LogP) is 2.29. The third-order valence-electron chi connectivity index (χ3n) is 3.24. The maximum atomic E-state index is 12.2. The molecular formula is C14H21N3O4S. The van der Waals surface area contributed by atoms with Crippen LogP contribution in [0.1, 0.15) is 38.2 Å². The third kappa shape index (κ3) is 3.88. The van der Waals surface area contributed by atoms with E-state index in [0.717, 1.165) is 0 Å². The number of rotatable bonds is 2. The number of carboxylic acid groups (broad SMARTS) is 1. The van der Waals surface area contributed by atoms with E-state index in [1.54, 1.807) is 4.90 Å². The number of carbonyl (C=O) groups excluding carboxylic acids is 1. The highest BCUT2D eigenvalue weighted by Crippen LogP contribution is 2.24. The summed E-state index contributed by atoms with van der Waals surface area (Å²) in [5.41, 5.74) is -0.457. The van der Waals surface area contributed by atoms with Crippen LogP contribution in [0.3, 0.4) is 0 Å². The zero-order valence-electron chi connectivity index (χ0n) is 13.2. The van der Waals surface area contributed by atoms with Gasteiger partial charge in [0.25, 0.3) is 0 Å². The molecule has 22 heavy (non-hydrogen) atoms. The second-order valence-corrected chi connectivity index (χ2v) is 7.13. The van der Waals surface area contributed by atoms with Gasteiger partial charge < -0.3 is 19.6 Å². The highest BCUT2D eigenvalue weighted by Gasteiger charge is 2.31. The van der Waals surface area contributed by atoms with Gasteiger partial charge in [-0.3, -0.25) is 0 Å². The molecule has 1 fully saturated rings. The molecule has 2 rings (SSSR count). The number of carboxylic acids is 1. The molecule has 1 aromatic heterocycles. The van der Waals surface area contributed by atoms with Gasteiger partial charge in [-0.05, 0) is 27.7 Å². The Morgan fingerprint density at radius 1 is 1.41 bits per heavy atom. The highest BCUT2D eigenvalue weighted by molar-refractivity contribution is 7.13. The second kappa shape index (κ2) is 6.12. The molecule has 1 saturated heterocycles. The normalized spacial score (nSPS) is 19.2. The average molecular weight is 327 g/mol. The van der Waals surface area contributed by atoms with Crippen LogP contribution in [0.15, 0.2) is 5.38 Å². The number of amides is 1. The monoisotopic (exact) mass is 327 g/mol. The minimum Gasteiger partial charge on any atom is -0.476 e. The molecule has 1 aliphatic heterocycles. The lowest BCUT2D eigenvalue weighted by Gasteiger charge is -2.40. The smallest absolute Gasteiger partial charge is 0.410 e. The summed E-state index contributed by atoms with van der Waals surface area (Å²) in [7, 11) is 0. The Labute approximate surface area is 133 Å². The maximum Gasteiger partial charge on any atom is 0.410 e. The number of anilines is 1. The van der Waals surface area contributed by atoms with Crippen LogP contribution in [0.5, 0.6) is 0 Å². The van der Waals surface area contributed by atoms with Crippen molar-refractivity contribution in [3.05, 3.63) is 11.1 Å². The van der Waals surface area contributed by atoms with E-state index < -0.39 is 11.6 Å². The Hall–Kier alpha value is -1.83. The SMILES string of the molecule is C[C@@H]1CN(c2nc(C(=O)O)cs2)CCN1C(=O)OC(C)(C)C. The minimum absolute atomic E-state index is 0.0271. The number of aromatic nitrogens is 1. The van der Waals surface area contributed by atoms with E-state index in [-0.39, 0.29) is 17.8 Å². The number of nitrogens with zero attached hydrogens (tertiary/aromatic N) is 3. The van der Waals surface area contributed by atoms with Gasteiger partial charge >= 0.3 is 12.1 Å². The summed E-state index contributed by atoms with van der Waals surface area (Å²) >= 11 is 1.31. The van der Waals surface area contributed by atoms with Crippen molar-refractivity contribution in [2.45, 2.75) is 39.3 Å². The Kier molecular flexibility index (Phi) is 4.60. The van der Waals surface area contributed by atoms with Crippen LogP contribution in [-0.4, -0.2) is 58.3 Å². The van der Waals surface area contributed by atoms with Crippen LogP contribution in [0.2, 0.25) is 0 Å². The quantitative estimate of drug-likeness (QED) is 0.897. The van der Waals surface area contributed by atoms with Crippen LogP contribution in [-0.2, 0) is 4.74 Å². The number of hydrogen-bond acceptors (Lipinski definition) is 6. The van der Waals surface area contributed by atoms with Gasteiger partial charge in [0.2, 0.25) is 0 Å². The molecular weight excluding hydrogens is 306 g/mol. The van der Waals surface area contributed by atoms with E-state index in [1.807, 2.05) is 32.6 Å². The van der Waals surface area contributed by atoms with Crippen molar-refractivity contribution in [1.82, 2.24) is 9.88 Å². The fourth-order valence-corrected chi connectivity index (χ4v) is 3.07. The van der Waals surface area contributed by atoms with Gasteiger partial charge in [-0.25, -0.2) is 14.6 Å². The second-order valence-electron chi connectivity index (χ2n) is 6.29. The fraction of sp³-hybridized carbons (Fsp3) is 0.643. The van der Waals surface area contributed by atoms with Crippen molar-refractivity contribution in [3.8, 4) is 0 Å². The van der Waals surface area contributed by atoms with Crippen LogP contribution >= 0.6 is 11.3 Å². The standard InChI is InChI=1S/C14H21N3O4S/c1-9-7-16(12-15-10(8-22-12)11(18)19)5-6-17(9)13(20)21-14(2,3)4/h8-9H,5-7H2,1-4H3,(H,18,19)/t9-/m1/s1. The molecule has 1 atom stereocenters. The first-order chi connectivity index (χ1) is 10.2. The number of carbonyl (C=O) groups is 2. The molecule has 0 spiro atoms. The summed E-state index contributed by atoms with van der Waals surface area (Å²) in [5, 5.41) is 11.1. The van der Waals surface area contributed by atoms with Crippen molar-refractivity contribution >= 4 is 28.5 Å². The van der Waals surface area contributed by atoms with E-state index in [4.69, 9.17) is 9.84 Å². The van der Waals surface area contributed by atoms with Gasteiger partial charge in [0.05, 0.1) is 0 Å². The third-order valence-corrected chi connectivity index (χ3v) is 4.14. The van der Waals surface area contributed by atoms with Crippen molar-refractivity contribution in [2.24, 2.45) is 0 Å². The van der Waals surface area contributed by atoms with Crippen LogP contribution in [0.25, 0.3) is 0 Å². The van der Waals surface area contributed by atoms with Crippen molar-refractivity contribution < 1.29 is 19.4 Å². The lowest BCUT2D eigenvalue weighted by molar-refractivity contribution is 0.0159. The first-order valence-electron chi connectivity index (χ1n) is 7.11. The van der Waals surface area contributed by atoms with Crippen molar-refractivity contribution in [2.75, 3.05) is 24.5 Å². The van der Waals surface area contributed by atoms with Gasteiger partial charge in [-0.1, -0.05) is 0 Å². The summed E-state index contributed by atoms with van der Waals surface area (Å²) in [6.45, 7) is 9.21. The van der Waals surface area contributed by atoms with Gasteiger partial charge in [-0.15, -0.1) is 11.3 Å². The van der Waals surface area contributed by atoms with Crippen LogP contribution in [0.4, 0.5) is 9.93 Å². The summed E-state index contributed by atoms with van der Waals surface area (Å²) in [5.74, 6) is -1.03. The summed E-state index contributed by atoms with van der Waals surface area (Å²) < 4.78 is 5.40. The molecule has 122 valence electrons. The van der Waals surface area contributed by atoms with Crippen molar-refractivity contribution in [3.63, 3.8) is 0 Å². The molecule has 1 amide bonds. The summed E-state index contributed by atoms with van der Waals surface area (Å²) in [4.78, 5) is 30.9. The number of piperazine rings is 1. The molecule has 2 heterocycles. The zero-order chi connectivity index (χ0) is 16.5. The summed E-state index contributed by atoms with van der Waals surface area (Å²) in [6, 6.07) is -0.0271. The van der Waals surface area contributed by atoms with E-state index in [9.17, 15) is 9.59 Å². The Morgan fingerprint density at radius 3 is 2.59 bits per heavy atom. The topological polar surface area (TPSA) is 83.0 Å². The first kappa shape index (κ1) is 16.5. The van der Waals surface area contributed by atoms with Crippen LogP contribution in [0, 0.1) is 0 Å². The molecule has 0 aromatic carbocycles. The minimum atomic E-state index is -1.03. The molecule has 0 radical (unpaired) electrons. The lowest BCUT2D eigenvalue weighted by atomic mass is 10.2. The van der Waals surface area contributed by atoms with E-state index >= 15 is 0 Å². The zero-order valence-corrected chi connectivity index (χ0v) is 14.0. The van der Waals surface area contributed by atoms with E-state index in [0.29, 0.717) is 24.8 Å². The van der Waals surface area contributed by atoms with Gasteiger partial charge in [0, 0.05) is 31.1 Å². The lowest BCUT2D eigenvalue weighted by Crippen LogP contribution is -2.55. The number of ether oxygens (including phenoxy) is 1. The first-order valence-corrected chi connectivity index (χ1v) is 7.99. The molecule has 0 unspecified atom stereocenters. The molecule has 0 bridgehead atoms. The largest absolute Gasteiger partial charge is 0.476 e. The van der Waals surface area contributed by atoms with E-state index in [1.165, 1.54) is 16.7 Å². The number of aromatic carboxylic acids is 1. The molecule has 0 saturated carbocycles. The van der Waals surface area contributed by atoms with Gasteiger partial charge in [0.1, 0.15) is 5.60 Å². The molecule has 1 N–H and O–H groups in total. The molecule has 1 aliphatic rings. The number of hydrogen-bond donors (Lipinski definition) is 1. The van der Waals surface area contributed by atoms with Gasteiger partial charge in [0.15, 0.2) is 10.8 Å². The molecule has 1 aromatic rings. The van der Waals surface area contributed by atoms with Crippen LogP contribution < -0.4 is 4.90 Å². The fourth-order valence-electron chi connectivity index (χ4n) is 2.23. The molecule has 0 aliphatic carbocycles. The Morgan fingerprint density at radius 2 is 2.09 bits per heavy atom. The number of thiazole rings is 1. The van der Waals surface area contributed by atoms with Crippen molar-refractivity contribution in [1.29, 1.82) is 0 Å². The predicted molar refractivity (Wildman–Crippen MR) is 83.7 cm³/mol. The molecule has 7 nitrogen and oxygen atoms in total. The Balaban J connectivity index is 2.00. The van der Waals surface area contributed by atoms with Gasteiger partial charge in [-0.2, -0.15) is 0 Å². The highest BCUT2D eigenvalue weighted by atomic mass is 32.1. The summed E-state index contributed by atoms with van der Waals surface area (Å²) in [6.07, 6.45) is -0.315. The maximum absolute atomic E-state index is 12.2. The Bertz CT molecular complexity index is 567.